The van der Waals surface area contributed by atoms with Crippen LogP contribution in [0.4, 0.5) is 0 Å². The molecule has 2 heterocycles. The van der Waals surface area contributed by atoms with E-state index in [0.717, 1.165) is 15.8 Å². The van der Waals surface area contributed by atoms with Crippen LogP contribution in [0.5, 0.6) is 0 Å². The third kappa shape index (κ3) is 5.54. The highest BCUT2D eigenvalue weighted by Crippen LogP contribution is 2.29. The zero-order chi connectivity index (χ0) is 17.6. The molecular formula is C18H20ClIN4OS. The van der Waals surface area contributed by atoms with Crippen LogP contribution in [0.25, 0.3) is 10.1 Å². The van der Waals surface area contributed by atoms with Gasteiger partial charge in [-0.1, -0.05) is 35.9 Å². The number of guanidine groups is 1. The highest BCUT2D eigenvalue weighted by Gasteiger charge is 2.12. The molecule has 0 aliphatic heterocycles. The van der Waals surface area contributed by atoms with Gasteiger partial charge in [-0.2, -0.15) is 0 Å². The van der Waals surface area contributed by atoms with Crippen LogP contribution in [0.15, 0.2) is 53.7 Å². The molecule has 138 valence electrons. The number of hydrogen-bond donors (Lipinski definition) is 3. The summed E-state index contributed by atoms with van der Waals surface area (Å²) in [6.07, 6.45) is 1.13. The van der Waals surface area contributed by atoms with Crippen molar-refractivity contribution in [3.05, 3.63) is 64.3 Å². The fourth-order valence-corrected chi connectivity index (χ4v) is 3.54. The maximum atomic E-state index is 10.4. The summed E-state index contributed by atoms with van der Waals surface area (Å²) < 4.78 is 1.18. The maximum absolute atomic E-state index is 10.4. The lowest BCUT2D eigenvalue weighted by Crippen LogP contribution is -2.38. The first kappa shape index (κ1) is 20.9. The van der Waals surface area contributed by atoms with Gasteiger partial charge in [-0.05, 0) is 29.1 Å². The van der Waals surface area contributed by atoms with Crippen molar-refractivity contribution in [2.45, 2.75) is 12.6 Å². The SMILES string of the molecule is CN=C(NCc1ccc(Cl)nc1)NCC(O)c1cc2ccccc2s1.I. The van der Waals surface area contributed by atoms with Gasteiger partial charge in [0.1, 0.15) is 11.3 Å². The van der Waals surface area contributed by atoms with Gasteiger partial charge in [0.2, 0.25) is 0 Å². The van der Waals surface area contributed by atoms with Gasteiger partial charge >= 0.3 is 0 Å². The molecule has 0 radical (unpaired) electrons. The number of aliphatic hydroxyl groups is 1. The van der Waals surface area contributed by atoms with Gasteiger partial charge in [0.05, 0.1) is 0 Å². The molecule has 26 heavy (non-hydrogen) atoms. The Kier molecular flexibility index (Phi) is 8.08. The number of benzene rings is 1. The number of aliphatic hydroxyl groups excluding tert-OH is 1. The van der Waals surface area contributed by atoms with Crippen molar-refractivity contribution in [3.63, 3.8) is 0 Å². The van der Waals surface area contributed by atoms with Crippen LogP contribution in [-0.4, -0.2) is 29.6 Å². The van der Waals surface area contributed by atoms with E-state index in [1.165, 1.54) is 4.70 Å². The summed E-state index contributed by atoms with van der Waals surface area (Å²) in [5.74, 6) is 0.620. The second-order valence-electron chi connectivity index (χ2n) is 5.50. The Bertz CT molecular complexity index is 836. The molecule has 0 aliphatic carbocycles. The Labute approximate surface area is 178 Å². The number of halogens is 2. The summed E-state index contributed by atoms with van der Waals surface area (Å²) in [4.78, 5) is 9.15. The molecule has 1 atom stereocenters. The van der Waals surface area contributed by atoms with Crippen molar-refractivity contribution in [2.75, 3.05) is 13.6 Å². The lowest BCUT2D eigenvalue weighted by molar-refractivity contribution is 0.184. The van der Waals surface area contributed by atoms with Crippen LogP contribution in [0, 0.1) is 0 Å². The molecular weight excluding hydrogens is 483 g/mol. The normalized spacial score (nSPS) is 12.5. The van der Waals surface area contributed by atoms with Crippen LogP contribution < -0.4 is 10.6 Å². The molecule has 0 spiro atoms. The summed E-state index contributed by atoms with van der Waals surface area (Å²) in [5.41, 5.74) is 0.998. The van der Waals surface area contributed by atoms with E-state index in [2.05, 4.69) is 32.7 Å². The topological polar surface area (TPSA) is 69.5 Å². The van der Waals surface area contributed by atoms with Crippen LogP contribution in [-0.2, 0) is 6.54 Å². The molecule has 1 unspecified atom stereocenters. The zero-order valence-electron chi connectivity index (χ0n) is 14.1. The van der Waals surface area contributed by atoms with Crippen molar-refractivity contribution < 1.29 is 5.11 Å². The fraction of sp³-hybridized carbons (Fsp3) is 0.222. The van der Waals surface area contributed by atoms with Crippen molar-refractivity contribution in [1.82, 2.24) is 15.6 Å². The average Bonchev–Trinajstić information content (AvgIpc) is 3.07. The van der Waals surface area contributed by atoms with Crippen LogP contribution in [0.2, 0.25) is 5.15 Å². The second-order valence-corrected chi connectivity index (χ2v) is 7.00. The molecule has 5 nitrogen and oxygen atoms in total. The largest absolute Gasteiger partial charge is 0.386 e. The molecule has 0 fully saturated rings. The number of rotatable bonds is 5. The maximum Gasteiger partial charge on any atom is 0.191 e. The van der Waals surface area contributed by atoms with E-state index < -0.39 is 6.10 Å². The van der Waals surface area contributed by atoms with Gasteiger partial charge in [-0.3, -0.25) is 4.99 Å². The van der Waals surface area contributed by atoms with Crippen LogP contribution in [0.3, 0.4) is 0 Å². The minimum atomic E-state index is -0.590. The van der Waals surface area contributed by atoms with Gasteiger partial charge in [0.25, 0.3) is 0 Å². The van der Waals surface area contributed by atoms with E-state index in [1.54, 1.807) is 30.6 Å². The lowest BCUT2D eigenvalue weighted by Gasteiger charge is -2.14. The monoisotopic (exact) mass is 502 g/mol. The first-order chi connectivity index (χ1) is 12.2. The first-order valence-electron chi connectivity index (χ1n) is 7.87. The molecule has 8 heteroatoms. The van der Waals surface area contributed by atoms with E-state index in [1.807, 2.05) is 24.3 Å². The molecule has 0 aliphatic rings. The number of nitrogens with zero attached hydrogens (tertiary/aromatic N) is 2. The number of aliphatic imine (C=N–C) groups is 1. The lowest BCUT2D eigenvalue weighted by atomic mass is 10.2. The Morgan fingerprint density at radius 1 is 1.27 bits per heavy atom. The van der Waals surface area contributed by atoms with Crippen LogP contribution >= 0.6 is 46.9 Å². The summed E-state index contributed by atoms with van der Waals surface area (Å²) in [6, 6.07) is 13.8. The zero-order valence-corrected chi connectivity index (χ0v) is 18.0. The van der Waals surface area contributed by atoms with Gasteiger partial charge < -0.3 is 15.7 Å². The Hall–Kier alpha value is -1.42. The minimum Gasteiger partial charge on any atom is -0.386 e. The number of aromatic nitrogens is 1. The Morgan fingerprint density at radius 2 is 2.08 bits per heavy atom. The predicted octanol–water partition coefficient (Wildman–Crippen LogP) is 3.97. The molecule has 0 bridgehead atoms. The summed E-state index contributed by atoms with van der Waals surface area (Å²) >= 11 is 7.38. The van der Waals surface area contributed by atoms with Crippen molar-refractivity contribution in [3.8, 4) is 0 Å². The molecule has 1 aromatic carbocycles. The first-order valence-corrected chi connectivity index (χ1v) is 9.06. The van der Waals surface area contributed by atoms with E-state index >= 15 is 0 Å². The smallest absolute Gasteiger partial charge is 0.191 e. The summed E-state index contributed by atoms with van der Waals surface area (Å²) in [5, 5.41) is 18.4. The number of fused-ring (bicyclic) bond motifs is 1. The number of thiophene rings is 1. The van der Waals surface area contributed by atoms with E-state index in [0.29, 0.717) is 24.2 Å². The number of hydrogen-bond acceptors (Lipinski definition) is 4. The minimum absolute atomic E-state index is 0. The van der Waals surface area contributed by atoms with E-state index in [4.69, 9.17) is 11.6 Å². The van der Waals surface area contributed by atoms with Gasteiger partial charge in [-0.15, -0.1) is 35.3 Å². The average molecular weight is 503 g/mol. The van der Waals surface area contributed by atoms with E-state index in [-0.39, 0.29) is 24.0 Å². The highest BCUT2D eigenvalue weighted by atomic mass is 127. The molecule has 2 aromatic heterocycles. The third-order valence-electron chi connectivity index (χ3n) is 3.71. The summed E-state index contributed by atoms with van der Waals surface area (Å²) in [7, 11) is 1.70. The molecule has 0 saturated heterocycles. The quantitative estimate of drug-likeness (QED) is 0.214. The fourth-order valence-electron chi connectivity index (χ4n) is 2.38. The van der Waals surface area contributed by atoms with Crippen molar-refractivity contribution in [2.24, 2.45) is 4.99 Å². The second kappa shape index (κ2) is 10.1. The van der Waals surface area contributed by atoms with Crippen molar-refractivity contribution in [1.29, 1.82) is 0 Å². The van der Waals surface area contributed by atoms with E-state index in [9.17, 15) is 5.11 Å². The standard InChI is InChI=1S/C18H19ClN4OS.HI/c1-20-18(22-10-12-6-7-17(19)21-9-12)23-11-14(24)16-8-13-4-2-3-5-15(13)25-16;/h2-9,14,24H,10-11H2,1H3,(H2,20,22,23);1H. The predicted molar refractivity (Wildman–Crippen MR) is 120 cm³/mol. The molecule has 3 rings (SSSR count). The third-order valence-corrected chi connectivity index (χ3v) is 5.15. The van der Waals surface area contributed by atoms with Gasteiger partial charge in [0.15, 0.2) is 5.96 Å². The van der Waals surface area contributed by atoms with Gasteiger partial charge in [0, 0.05) is 35.9 Å². The molecule has 0 saturated carbocycles. The van der Waals surface area contributed by atoms with Crippen LogP contribution in [0.1, 0.15) is 16.5 Å². The number of pyridine rings is 1. The molecule has 0 amide bonds. The molecule has 3 N–H and O–H groups in total. The van der Waals surface area contributed by atoms with Crippen molar-refractivity contribution >= 4 is 63.0 Å². The molecule has 3 aromatic rings. The number of nitrogens with one attached hydrogen (secondary N) is 2. The Morgan fingerprint density at radius 3 is 2.77 bits per heavy atom. The van der Waals surface area contributed by atoms with Gasteiger partial charge in [-0.25, -0.2) is 4.98 Å². The summed E-state index contributed by atoms with van der Waals surface area (Å²) in [6.45, 7) is 0.953. The Balaban J connectivity index is 0.00000243. The highest BCUT2D eigenvalue weighted by molar-refractivity contribution is 14.0.